The van der Waals surface area contributed by atoms with Crippen LogP contribution in [-0.4, -0.2) is 39.9 Å². The van der Waals surface area contributed by atoms with Gasteiger partial charge in [0.25, 0.3) is 0 Å². The summed E-state index contributed by atoms with van der Waals surface area (Å²) in [5.41, 5.74) is 2.16. The molecule has 2 aromatic rings. The van der Waals surface area contributed by atoms with E-state index in [9.17, 15) is 0 Å². The van der Waals surface area contributed by atoms with E-state index < -0.39 is 0 Å². The normalized spacial score (nSPS) is 19.6. The zero-order valence-corrected chi connectivity index (χ0v) is 11.6. The standard InChI is InChI=1S/C15H19N3O2/c1-11-2-4-13(5-3-11)15-17-16-14(20-15)9-18-7-6-12(8-18)10-19/h2-5,12,19H,6-10H2,1H3. The largest absolute Gasteiger partial charge is 0.419 e. The SMILES string of the molecule is Cc1ccc(-c2nnc(CN3CCC(CO)C3)o2)cc1. The topological polar surface area (TPSA) is 62.4 Å². The van der Waals surface area contributed by atoms with Crippen molar-refractivity contribution in [3.05, 3.63) is 35.7 Å². The molecule has 1 aliphatic heterocycles. The number of benzene rings is 1. The van der Waals surface area contributed by atoms with Crippen molar-refractivity contribution in [2.24, 2.45) is 5.92 Å². The molecule has 1 saturated heterocycles. The number of hydrogen-bond acceptors (Lipinski definition) is 5. The van der Waals surface area contributed by atoms with E-state index in [-0.39, 0.29) is 6.61 Å². The van der Waals surface area contributed by atoms with Gasteiger partial charge in [-0.05, 0) is 37.9 Å². The Morgan fingerprint density at radius 1 is 1.30 bits per heavy atom. The molecule has 1 aliphatic rings. The molecule has 1 aromatic heterocycles. The molecule has 0 spiro atoms. The molecule has 1 N–H and O–H groups in total. The van der Waals surface area contributed by atoms with Crippen molar-refractivity contribution in [2.75, 3.05) is 19.7 Å². The number of aliphatic hydroxyl groups excluding tert-OH is 1. The van der Waals surface area contributed by atoms with E-state index in [2.05, 4.69) is 15.1 Å². The number of likely N-dealkylation sites (tertiary alicyclic amines) is 1. The Kier molecular flexibility index (Phi) is 3.80. The molecule has 0 amide bonds. The van der Waals surface area contributed by atoms with Crippen LogP contribution in [0.15, 0.2) is 28.7 Å². The second-order valence-corrected chi connectivity index (χ2v) is 5.44. The van der Waals surface area contributed by atoms with Crippen LogP contribution in [-0.2, 0) is 6.54 Å². The first kappa shape index (κ1) is 13.3. The predicted molar refractivity (Wildman–Crippen MR) is 74.9 cm³/mol. The number of aryl methyl sites for hydroxylation is 1. The maximum atomic E-state index is 9.15. The Bertz CT molecular complexity index is 565. The van der Waals surface area contributed by atoms with Crippen molar-refractivity contribution in [3.63, 3.8) is 0 Å². The lowest BCUT2D eigenvalue weighted by atomic mass is 10.1. The van der Waals surface area contributed by atoms with E-state index in [1.807, 2.05) is 31.2 Å². The molecular formula is C15H19N3O2. The highest BCUT2D eigenvalue weighted by molar-refractivity contribution is 5.52. The molecule has 3 rings (SSSR count). The van der Waals surface area contributed by atoms with E-state index in [1.54, 1.807) is 0 Å². The Labute approximate surface area is 118 Å². The molecule has 106 valence electrons. The summed E-state index contributed by atoms with van der Waals surface area (Å²) in [5, 5.41) is 17.4. The van der Waals surface area contributed by atoms with E-state index in [1.165, 1.54) is 5.56 Å². The first-order valence-corrected chi connectivity index (χ1v) is 6.97. The van der Waals surface area contributed by atoms with Crippen LogP contribution in [0.25, 0.3) is 11.5 Å². The fraction of sp³-hybridized carbons (Fsp3) is 0.467. The van der Waals surface area contributed by atoms with E-state index in [4.69, 9.17) is 9.52 Å². The Balaban J connectivity index is 1.66. The van der Waals surface area contributed by atoms with Gasteiger partial charge in [-0.15, -0.1) is 10.2 Å². The lowest BCUT2D eigenvalue weighted by Crippen LogP contribution is -2.21. The van der Waals surface area contributed by atoms with Crippen LogP contribution in [0.1, 0.15) is 17.9 Å². The summed E-state index contributed by atoms with van der Waals surface area (Å²) in [6, 6.07) is 8.05. The molecule has 5 nitrogen and oxygen atoms in total. The average molecular weight is 273 g/mol. The van der Waals surface area contributed by atoms with Gasteiger partial charge in [-0.2, -0.15) is 0 Å². The first-order valence-electron chi connectivity index (χ1n) is 6.97. The molecule has 1 unspecified atom stereocenters. The van der Waals surface area contributed by atoms with Gasteiger partial charge in [-0.1, -0.05) is 17.7 Å². The highest BCUT2D eigenvalue weighted by Crippen LogP contribution is 2.21. The van der Waals surface area contributed by atoms with Crippen LogP contribution >= 0.6 is 0 Å². The summed E-state index contributed by atoms with van der Waals surface area (Å²) in [7, 11) is 0. The highest BCUT2D eigenvalue weighted by atomic mass is 16.4. The minimum absolute atomic E-state index is 0.259. The summed E-state index contributed by atoms with van der Waals surface area (Å²) in [5.74, 6) is 1.59. The van der Waals surface area contributed by atoms with E-state index in [0.717, 1.165) is 25.1 Å². The van der Waals surface area contributed by atoms with E-state index >= 15 is 0 Å². The quantitative estimate of drug-likeness (QED) is 0.921. The number of aliphatic hydroxyl groups is 1. The summed E-state index contributed by atoms with van der Waals surface area (Å²) < 4.78 is 5.71. The van der Waals surface area contributed by atoms with Gasteiger partial charge >= 0.3 is 0 Å². The summed E-state index contributed by atoms with van der Waals surface area (Å²) in [6.07, 6.45) is 1.04. The minimum atomic E-state index is 0.259. The van der Waals surface area contributed by atoms with Crippen LogP contribution in [0, 0.1) is 12.8 Å². The Hall–Kier alpha value is -1.72. The summed E-state index contributed by atoms with van der Waals surface area (Å²) in [6.45, 7) is 4.85. The lowest BCUT2D eigenvalue weighted by Gasteiger charge is -2.12. The zero-order valence-electron chi connectivity index (χ0n) is 11.6. The Morgan fingerprint density at radius 2 is 2.10 bits per heavy atom. The molecular weight excluding hydrogens is 254 g/mol. The highest BCUT2D eigenvalue weighted by Gasteiger charge is 2.23. The molecule has 0 saturated carbocycles. The molecule has 1 fully saturated rings. The molecule has 0 radical (unpaired) electrons. The number of nitrogens with zero attached hydrogens (tertiary/aromatic N) is 3. The van der Waals surface area contributed by atoms with Crippen LogP contribution in [0.5, 0.6) is 0 Å². The maximum Gasteiger partial charge on any atom is 0.247 e. The zero-order chi connectivity index (χ0) is 13.9. The smallest absolute Gasteiger partial charge is 0.247 e. The van der Waals surface area contributed by atoms with Crippen LogP contribution in [0.2, 0.25) is 0 Å². The third kappa shape index (κ3) is 2.89. The van der Waals surface area contributed by atoms with Gasteiger partial charge in [0, 0.05) is 18.7 Å². The first-order chi connectivity index (χ1) is 9.74. The molecule has 1 atom stereocenters. The average Bonchev–Trinajstić information content (AvgIpc) is 3.09. The molecule has 0 aliphatic carbocycles. The Morgan fingerprint density at radius 3 is 2.80 bits per heavy atom. The molecule has 0 bridgehead atoms. The van der Waals surface area contributed by atoms with Crippen LogP contribution in [0.3, 0.4) is 0 Å². The van der Waals surface area contributed by atoms with Crippen molar-refractivity contribution in [3.8, 4) is 11.5 Å². The van der Waals surface area contributed by atoms with Gasteiger partial charge in [0.1, 0.15) is 0 Å². The van der Waals surface area contributed by atoms with Gasteiger partial charge in [-0.3, -0.25) is 4.90 Å². The van der Waals surface area contributed by atoms with Crippen molar-refractivity contribution in [1.82, 2.24) is 15.1 Å². The second-order valence-electron chi connectivity index (χ2n) is 5.44. The van der Waals surface area contributed by atoms with Crippen molar-refractivity contribution >= 4 is 0 Å². The molecule has 20 heavy (non-hydrogen) atoms. The number of rotatable bonds is 4. The molecule has 1 aromatic carbocycles. The van der Waals surface area contributed by atoms with Gasteiger partial charge in [0.15, 0.2) is 0 Å². The maximum absolute atomic E-state index is 9.15. The lowest BCUT2D eigenvalue weighted by molar-refractivity contribution is 0.215. The van der Waals surface area contributed by atoms with E-state index in [0.29, 0.717) is 24.2 Å². The van der Waals surface area contributed by atoms with Gasteiger partial charge in [0.05, 0.1) is 6.54 Å². The number of hydrogen-bond donors (Lipinski definition) is 1. The van der Waals surface area contributed by atoms with Gasteiger partial charge in [0.2, 0.25) is 11.8 Å². The van der Waals surface area contributed by atoms with Crippen LogP contribution < -0.4 is 0 Å². The fourth-order valence-electron chi connectivity index (χ4n) is 2.53. The number of aromatic nitrogens is 2. The summed E-state index contributed by atoms with van der Waals surface area (Å²) in [4.78, 5) is 2.24. The molecule has 5 heteroatoms. The third-order valence-electron chi connectivity index (χ3n) is 3.75. The predicted octanol–water partition coefficient (Wildman–Crippen LogP) is 1.86. The fourth-order valence-corrected chi connectivity index (χ4v) is 2.53. The van der Waals surface area contributed by atoms with Crippen molar-refractivity contribution in [2.45, 2.75) is 19.9 Å². The van der Waals surface area contributed by atoms with Crippen LogP contribution in [0.4, 0.5) is 0 Å². The second kappa shape index (κ2) is 5.73. The molecule has 2 heterocycles. The third-order valence-corrected chi connectivity index (χ3v) is 3.75. The minimum Gasteiger partial charge on any atom is -0.419 e. The van der Waals surface area contributed by atoms with Crippen molar-refractivity contribution in [1.29, 1.82) is 0 Å². The monoisotopic (exact) mass is 273 g/mol. The van der Waals surface area contributed by atoms with Gasteiger partial charge in [-0.25, -0.2) is 0 Å². The summed E-state index contributed by atoms with van der Waals surface area (Å²) >= 11 is 0. The van der Waals surface area contributed by atoms with Gasteiger partial charge < -0.3 is 9.52 Å². The van der Waals surface area contributed by atoms with Crippen molar-refractivity contribution < 1.29 is 9.52 Å².